The molecule has 4 heteroatoms. The minimum atomic E-state index is -0.183. The number of hydrogen-bond acceptors (Lipinski definition) is 3. The summed E-state index contributed by atoms with van der Waals surface area (Å²) in [5, 5.41) is 5.20. The molecule has 6 heterocycles. The van der Waals surface area contributed by atoms with Gasteiger partial charge in [0.2, 0.25) is 0 Å². The van der Waals surface area contributed by atoms with E-state index in [0.29, 0.717) is 0 Å². The Bertz CT molecular complexity index is 2190. The van der Waals surface area contributed by atoms with Crippen molar-refractivity contribution in [2.24, 2.45) is 0 Å². The Labute approximate surface area is 224 Å². The molecule has 2 aliphatic rings. The highest BCUT2D eigenvalue weighted by atomic mass is 32.1. The Balaban J connectivity index is 1.44. The molecule has 0 spiro atoms. The molecule has 2 aliphatic heterocycles. The molecule has 38 heavy (non-hydrogen) atoms. The smallest absolute Gasteiger partial charge is 0.0613 e. The van der Waals surface area contributed by atoms with Crippen molar-refractivity contribution in [3.63, 3.8) is 0 Å². The van der Waals surface area contributed by atoms with E-state index in [1.54, 1.807) is 0 Å². The molecular formula is C34H25N3S. The highest BCUT2D eigenvalue weighted by Crippen LogP contribution is 2.55. The molecule has 0 aliphatic carbocycles. The maximum Gasteiger partial charge on any atom is 0.0613 e. The van der Waals surface area contributed by atoms with Crippen molar-refractivity contribution >= 4 is 53.3 Å². The zero-order valence-corrected chi connectivity index (χ0v) is 22.6. The summed E-state index contributed by atoms with van der Waals surface area (Å²) in [6.07, 6.45) is 8.30. The molecule has 182 valence electrons. The van der Waals surface area contributed by atoms with Gasteiger partial charge in [0.15, 0.2) is 0 Å². The molecule has 7 aromatic rings. The summed E-state index contributed by atoms with van der Waals surface area (Å²) < 4.78 is 5.21. The van der Waals surface area contributed by atoms with E-state index in [0.717, 1.165) is 0 Å². The fourth-order valence-electron chi connectivity index (χ4n) is 7.21. The molecule has 0 amide bonds. The van der Waals surface area contributed by atoms with Gasteiger partial charge in [0.25, 0.3) is 0 Å². The summed E-state index contributed by atoms with van der Waals surface area (Å²) in [4.78, 5) is 9.55. The SMILES string of the molecule is CC1(C)c2cncc3c2-n2c4c1cncc4c1cc(-c4ccc5sc6ccccc6c5c4)cc(c12)C3(C)C. The number of nitrogens with zero attached hydrogens (tertiary/aromatic N) is 3. The predicted molar refractivity (Wildman–Crippen MR) is 159 cm³/mol. The Morgan fingerprint density at radius 2 is 1.24 bits per heavy atom. The highest BCUT2D eigenvalue weighted by molar-refractivity contribution is 7.25. The van der Waals surface area contributed by atoms with Crippen LogP contribution in [0.5, 0.6) is 0 Å². The largest absolute Gasteiger partial charge is 0.308 e. The molecular weight excluding hydrogens is 482 g/mol. The van der Waals surface area contributed by atoms with Crippen LogP contribution in [-0.2, 0) is 10.8 Å². The van der Waals surface area contributed by atoms with Crippen molar-refractivity contribution in [2.75, 3.05) is 0 Å². The number of aromatic nitrogens is 3. The van der Waals surface area contributed by atoms with Crippen LogP contribution in [0.1, 0.15) is 49.9 Å². The Morgan fingerprint density at radius 1 is 0.579 bits per heavy atom. The lowest BCUT2D eigenvalue weighted by molar-refractivity contribution is 0.586. The lowest BCUT2D eigenvalue weighted by atomic mass is 9.70. The van der Waals surface area contributed by atoms with Crippen molar-refractivity contribution in [1.82, 2.24) is 14.5 Å². The maximum absolute atomic E-state index is 4.78. The van der Waals surface area contributed by atoms with Gasteiger partial charge < -0.3 is 4.57 Å². The van der Waals surface area contributed by atoms with Crippen LogP contribution in [-0.4, -0.2) is 14.5 Å². The van der Waals surface area contributed by atoms with Gasteiger partial charge in [-0.2, -0.15) is 0 Å². The first-order valence-electron chi connectivity index (χ1n) is 13.2. The number of pyridine rings is 2. The second-order valence-corrected chi connectivity index (χ2v) is 13.1. The molecule has 0 unspecified atom stereocenters. The van der Waals surface area contributed by atoms with Crippen LogP contribution in [0, 0.1) is 0 Å². The number of hydrogen-bond donors (Lipinski definition) is 0. The van der Waals surface area contributed by atoms with E-state index in [1.165, 1.54) is 81.0 Å². The van der Waals surface area contributed by atoms with Gasteiger partial charge in [0.05, 0.1) is 16.7 Å². The normalized spacial score (nSPS) is 16.3. The third-order valence-corrected chi connectivity index (χ3v) is 10.5. The standard InChI is InChI=1S/C34H25N3S/c1-33(2)24-13-19(18-9-10-29-21(11-18)20-7-5-6-8-28(20)38-29)12-22-23-14-35-15-25-31(23)37(30(22)24)32-26(33)16-36-17-27(32)34(25,3)4/h5-17H,1-4H3. The number of benzene rings is 3. The van der Waals surface area contributed by atoms with Crippen LogP contribution in [0.15, 0.2) is 79.4 Å². The molecule has 4 aromatic heterocycles. The molecule has 0 saturated carbocycles. The van der Waals surface area contributed by atoms with Gasteiger partial charge in [0, 0.05) is 83.3 Å². The third-order valence-electron chi connectivity index (χ3n) is 9.31. The summed E-state index contributed by atoms with van der Waals surface area (Å²) in [5.74, 6) is 0. The summed E-state index contributed by atoms with van der Waals surface area (Å²) in [7, 11) is 0. The number of fused-ring (bicyclic) bond motifs is 4. The van der Waals surface area contributed by atoms with Crippen LogP contribution in [0.25, 0.3) is 58.8 Å². The van der Waals surface area contributed by atoms with Crippen LogP contribution >= 0.6 is 11.3 Å². The van der Waals surface area contributed by atoms with Gasteiger partial charge in [-0.3, -0.25) is 9.97 Å². The van der Waals surface area contributed by atoms with E-state index in [4.69, 9.17) is 9.97 Å². The molecule has 0 atom stereocenters. The lowest BCUT2D eigenvalue weighted by Gasteiger charge is -2.41. The Morgan fingerprint density at radius 3 is 2.08 bits per heavy atom. The van der Waals surface area contributed by atoms with Crippen molar-refractivity contribution in [2.45, 2.75) is 38.5 Å². The third kappa shape index (κ3) is 2.28. The van der Waals surface area contributed by atoms with Gasteiger partial charge in [-0.1, -0.05) is 52.0 Å². The predicted octanol–water partition coefficient (Wildman–Crippen LogP) is 8.89. The van der Waals surface area contributed by atoms with Crippen molar-refractivity contribution < 1.29 is 0 Å². The van der Waals surface area contributed by atoms with Gasteiger partial charge in [-0.25, -0.2) is 0 Å². The van der Waals surface area contributed by atoms with E-state index in [-0.39, 0.29) is 10.8 Å². The first-order chi connectivity index (χ1) is 18.4. The highest BCUT2D eigenvalue weighted by Gasteiger charge is 2.44. The van der Waals surface area contributed by atoms with Crippen molar-refractivity contribution in [3.05, 3.63) is 102 Å². The average Bonchev–Trinajstić information content (AvgIpc) is 3.46. The molecule has 9 rings (SSSR count). The second-order valence-electron chi connectivity index (χ2n) is 12.0. The number of rotatable bonds is 1. The molecule has 3 nitrogen and oxygen atoms in total. The molecule has 0 bridgehead atoms. The quantitative estimate of drug-likeness (QED) is 0.222. The fourth-order valence-corrected chi connectivity index (χ4v) is 8.30. The molecule has 0 radical (unpaired) electrons. The molecule has 0 fully saturated rings. The van der Waals surface area contributed by atoms with Crippen LogP contribution in [0.4, 0.5) is 0 Å². The van der Waals surface area contributed by atoms with Crippen LogP contribution < -0.4 is 0 Å². The summed E-state index contributed by atoms with van der Waals surface area (Å²) in [5.41, 5.74) is 11.3. The molecule has 3 aromatic carbocycles. The topological polar surface area (TPSA) is 30.7 Å². The Hall–Kier alpha value is -4.02. The lowest BCUT2D eigenvalue weighted by Crippen LogP contribution is -2.33. The van der Waals surface area contributed by atoms with E-state index in [1.807, 2.05) is 11.3 Å². The minimum Gasteiger partial charge on any atom is -0.308 e. The maximum atomic E-state index is 4.78. The summed E-state index contributed by atoms with van der Waals surface area (Å²) in [6, 6.07) is 20.5. The second kappa shape index (κ2) is 6.51. The Kier molecular flexibility index (Phi) is 3.59. The van der Waals surface area contributed by atoms with Crippen molar-refractivity contribution in [3.8, 4) is 16.8 Å². The van der Waals surface area contributed by atoms with E-state index >= 15 is 0 Å². The first-order valence-corrected chi connectivity index (χ1v) is 14.1. The van der Waals surface area contributed by atoms with Gasteiger partial charge in [-0.05, 0) is 47.0 Å². The van der Waals surface area contributed by atoms with E-state index in [2.05, 4.69) is 112 Å². The van der Waals surface area contributed by atoms with Crippen LogP contribution in [0.2, 0.25) is 0 Å². The zero-order valence-electron chi connectivity index (χ0n) is 21.8. The zero-order chi connectivity index (χ0) is 25.6. The van der Waals surface area contributed by atoms with Crippen LogP contribution in [0.3, 0.4) is 0 Å². The molecule has 0 N–H and O–H groups in total. The summed E-state index contributed by atoms with van der Waals surface area (Å²) >= 11 is 1.87. The van der Waals surface area contributed by atoms with E-state index in [9.17, 15) is 0 Å². The number of thiophene rings is 1. The van der Waals surface area contributed by atoms with Gasteiger partial charge in [0.1, 0.15) is 0 Å². The minimum absolute atomic E-state index is 0.170. The monoisotopic (exact) mass is 507 g/mol. The van der Waals surface area contributed by atoms with Gasteiger partial charge in [-0.15, -0.1) is 11.3 Å². The fraction of sp³-hybridized carbons (Fsp3) is 0.176. The van der Waals surface area contributed by atoms with Crippen molar-refractivity contribution in [1.29, 1.82) is 0 Å². The summed E-state index contributed by atoms with van der Waals surface area (Å²) in [6.45, 7) is 9.35. The first kappa shape index (κ1) is 21.0. The van der Waals surface area contributed by atoms with E-state index < -0.39 is 0 Å². The average molecular weight is 508 g/mol. The van der Waals surface area contributed by atoms with Gasteiger partial charge >= 0.3 is 0 Å². The molecule has 0 saturated heterocycles.